The molecule has 3 amide bonds. The Kier molecular flexibility index (Phi) is 6.04. The van der Waals surface area contributed by atoms with Crippen molar-refractivity contribution in [2.75, 3.05) is 6.61 Å². The quantitative estimate of drug-likeness (QED) is 0.415. The second kappa shape index (κ2) is 9.06. The van der Waals surface area contributed by atoms with Gasteiger partial charge in [0, 0.05) is 11.9 Å². The molecule has 0 radical (unpaired) electrons. The van der Waals surface area contributed by atoms with E-state index in [1.54, 1.807) is 24.4 Å². The molecule has 2 aliphatic rings. The third kappa shape index (κ3) is 4.12. The number of nitrogens with one attached hydrogen (secondary N) is 1. The number of carbonyl (C=O) groups is 3. The van der Waals surface area contributed by atoms with Crippen LogP contribution >= 0.6 is 0 Å². The molecule has 0 saturated carbocycles. The van der Waals surface area contributed by atoms with Crippen molar-refractivity contribution in [3.63, 3.8) is 0 Å². The number of aryl methyl sites for hydroxylation is 1. The molecule has 1 aromatic carbocycles. The van der Waals surface area contributed by atoms with Crippen molar-refractivity contribution in [1.82, 2.24) is 15.2 Å². The number of rotatable bonds is 7. The zero-order chi connectivity index (χ0) is 22.7. The maximum Gasteiger partial charge on any atom is 0.266 e. The molecule has 32 heavy (non-hydrogen) atoms. The van der Waals surface area contributed by atoms with E-state index in [1.165, 1.54) is 0 Å². The minimum Gasteiger partial charge on any atom is -0.493 e. The van der Waals surface area contributed by atoms with Gasteiger partial charge in [-0.1, -0.05) is 24.6 Å². The van der Waals surface area contributed by atoms with E-state index in [1.807, 2.05) is 12.1 Å². The monoisotopic (exact) mass is 429 g/mol. The van der Waals surface area contributed by atoms with Crippen LogP contribution in [0.2, 0.25) is 0 Å². The molecule has 1 unspecified atom stereocenters. The fraction of sp³-hybridized carbons (Fsp3) is 0.280. The number of benzene rings is 1. The summed E-state index contributed by atoms with van der Waals surface area (Å²) in [4.78, 5) is 43.6. The zero-order valence-corrected chi connectivity index (χ0v) is 17.6. The Morgan fingerprint density at radius 3 is 2.75 bits per heavy atom. The minimum atomic E-state index is -0.838. The number of amides is 3. The predicted octanol–water partition coefficient (Wildman–Crippen LogP) is 2.85. The number of imide groups is 1. The average molecular weight is 429 g/mol. The summed E-state index contributed by atoms with van der Waals surface area (Å²) in [7, 11) is 0. The molecule has 4 rings (SSSR count). The number of allylic oxidation sites excluding steroid dienone is 1. The number of nitrogens with zero attached hydrogens (tertiary/aromatic N) is 2. The van der Waals surface area contributed by atoms with E-state index >= 15 is 0 Å². The van der Waals surface area contributed by atoms with E-state index < -0.39 is 17.9 Å². The molecule has 1 saturated heterocycles. The van der Waals surface area contributed by atoms with Crippen LogP contribution in [0, 0.1) is 12.3 Å². The first-order valence-electron chi connectivity index (χ1n) is 10.5. The van der Waals surface area contributed by atoms with Crippen molar-refractivity contribution >= 4 is 17.7 Å². The summed E-state index contributed by atoms with van der Waals surface area (Å²) in [5.41, 5.74) is 2.79. The largest absolute Gasteiger partial charge is 0.493 e. The topological polar surface area (TPSA) is 88.6 Å². The molecule has 0 spiro atoms. The second-order valence-corrected chi connectivity index (χ2v) is 7.81. The van der Waals surface area contributed by atoms with E-state index in [0.717, 1.165) is 29.7 Å². The molecule has 2 aliphatic heterocycles. The highest BCUT2D eigenvalue weighted by atomic mass is 16.5. The average Bonchev–Trinajstić information content (AvgIpc) is 3.05. The van der Waals surface area contributed by atoms with Gasteiger partial charge in [0.05, 0.1) is 17.7 Å². The second-order valence-electron chi connectivity index (χ2n) is 7.81. The SMILES string of the molecule is C#Cc1ccc(CCCCOc2cccc3c2C(=O)N(C2CCC(=C)NC2=O)C3=O)cn1. The number of carbonyl (C=O) groups excluding carboxylic acids is 3. The van der Waals surface area contributed by atoms with Crippen LogP contribution in [0.1, 0.15) is 57.7 Å². The van der Waals surface area contributed by atoms with Crippen LogP contribution < -0.4 is 10.1 Å². The smallest absolute Gasteiger partial charge is 0.266 e. The van der Waals surface area contributed by atoms with Crippen LogP contribution in [0.5, 0.6) is 5.75 Å². The summed E-state index contributed by atoms with van der Waals surface area (Å²) in [6, 6.07) is 7.90. The molecule has 0 bridgehead atoms. The number of terminal acetylenes is 1. The molecule has 1 aromatic heterocycles. The molecule has 3 heterocycles. The van der Waals surface area contributed by atoms with Gasteiger partial charge in [-0.05, 0) is 55.9 Å². The summed E-state index contributed by atoms with van der Waals surface area (Å²) >= 11 is 0. The maximum absolute atomic E-state index is 13.1. The molecule has 7 nitrogen and oxygen atoms in total. The Balaban J connectivity index is 1.38. The summed E-state index contributed by atoms with van der Waals surface area (Å²) in [6.07, 6.45) is 10.4. The molecule has 162 valence electrons. The number of ether oxygens (including phenoxy) is 1. The molecule has 1 N–H and O–H groups in total. The maximum atomic E-state index is 13.1. The van der Waals surface area contributed by atoms with Gasteiger partial charge in [0.1, 0.15) is 17.5 Å². The van der Waals surface area contributed by atoms with Crippen LogP contribution in [0.4, 0.5) is 0 Å². The molecule has 1 atom stereocenters. The lowest BCUT2D eigenvalue weighted by atomic mass is 10.0. The Morgan fingerprint density at radius 1 is 1.19 bits per heavy atom. The lowest BCUT2D eigenvalue weighted by Crippen LogP contribution is -2.51. The van der Waals surface area contributed by atoms with Gasteiger partial charge in [-0.15, -0.1) is 6.42 Å². The predicted molar refractivity (Wildman–Crippen MR) is 118 cm³/mol. The third-order valence-corrected chi connectivity index (χ3v) is 5.63. The highest BCUT2D eigenvalue weighted by molar-refractivity contribution is 6.24. The molecule has 1 fully saturated rings. The number of hydrogen-bond donors (Lipinski definition) is 1. The van der Waals surface area contributed by atoms with E-state index in [-0.39, 0.29) is 17.0 Å². The first kappa shape index (κ1) is 21.3. The van der Waals surface area contributed by atoms with Crippen molar-refractivity contribution in [2.45, 2.75) is 38.1 Å². The van der Waals surface area contributed by atoms with Crippen LogP contribution in [0.25, 0.3) is 0 Å². The zero-order valence-electron chi connectivity index (χ0n) is 17.6. The number of pyridine rings is 1. The van der Waals surface area contributed by atoms with Gasteiger partial charge in [-0.2, -0.15) is 0 Å². The standard InChI is InChI=1S/C25H23N3O4/c1-3-18-12-11-17(15-26-18)7-4-5-14-32-21-9-6-8-19-22(21)25(31)28(24(19)30)20-13-10-16(2)27-23(20)29/h1,6,8-9,11-12,15,20H,2,4-5,7,10,13-14H2,(H,27,29). The van der Waals surface area contributed by atoms with Gasteiger partial charge >= 0.3 is 0 Å². The lowest BCUT2D eigenvalue weighted by Gasteiger charge is -2.29. The highest BCUT2D eigenvalue weighted by Crippen LogP contribution is 2.34. The third-order valence-electron chi connectivity index (χ3n) is 5.63. The van der Waals surface area contributed by atoms with Crippen molar-refractivity contribution in [3.05, 3.63) is 71.2 Å². The highest BCUT2D eigenvalue weighted by Gasteiger charge is 2.45. The normalized spacial score (nSPS) is 17.7. The Morgan fingerprint density at radius 2 is 2.03 bits per heavy atom. The molecule has 0 aliphatic carbocycles. The molecular weight excluding hydrogens is 406 g/mol. The van der Waals surface area contributed by atoms with Gasteiger partial charge in [0.2, 0.25) is 5.91 Å². The van der Waals surface area contributed by atoms with Crippen molar-refractivity contribution in [3.8, 4) is 18.1 Å². The van der Waals surface area contributed by atoms with Gasteiger partial charge in [0.25, 0.3) is 11.8 Å². The lowest BCUT2D eigenvalue weighted by molar-refractivity contribution is -0.125. The van der Waals surface area contributed by atoms with Gasteiger partial charge in [-0.25, -0.2) is 4.98 Å². The van der Waals surface area contributed by atoms with Crippen molar-refractivity contribution in [2.24, 2.45) is 0 Å². The minimum absolute atomic E-state index is 0.226. The number of piperidine rings is 1. The Labute approximate surface area is 186 Å². The van der Waals surface area contributed by atoms with Crippen molar-refractivity contribution < 1.29 is 19.1 Å². The first-order valence-corrected chi connectivity index (χ1v) is 10.5. The summed E-state index contributed by atoms with van der Waals surface area (Å²) < 4.78 is 5.87. The molecule has 2 aromatic rings. The van der Waals surface area contributed by atoms with Crippen LogP contribution in [-0.2, 0) is 11.2 Å². The van der Waals surface area contributed by atoms with E-state index in [0.29, 0.717) is 36.6 Å². The molecule has 7 heteroatoms. The Hall–Kier alpha value is -3.92. The fourth-order valence-corrected chi connectivity index (χ4v) is 3.96. The first-order chi connectivity index (χ1) is 15.5. The number of aromatic nitrogens is 1. The van der Waals surface area contributed by atoms with Gasteiger partial charge in [-0.3, -0.25) is 19.3 Å². The van der Waals surface area contributed by atoms with E-state index in [9.17, 15) is 14.4 Å². The summed E-state index contributed by atoms with van der Waals surface area (Å²) in [5.74, 6) is 1.51. The van der Waals surface area contributed by atoms with Gasteiger partial charge in [0.15, 0.2) is 0 Å². The van der Waals surface area contributed by atoms with E-state index in [2.05, 4.69) is 22.8 Å². The fourth-order valence-electron chi connectivity index (χ4n) is 3.96. The number of fused-ring (bicyclic) bond motifs is 1. The number of unbranched alkanes of at least 4 members (excludes halogenated alkanes) is 1. The summed E-state index contributed by atoms with van der Waals surface area (Å²) in [5, 5.41) is 2.63. The van der Waals surface area contributed by atoms with Crippen LogP contribution in [0.15, 0.2) is 48.8 Å². The van der Waals surface area contributed by atoms with Crippen LogP contribution in [-0.4, -0.2) is 40.3 Å². The molecular formula is C25H23N3O4. The van der Waals surface area contributed by atoms with Crippen molar-refractivity contribution in [1.29, 1.82) is 0 Å². The van der Waals surface area contributed by atoms with Crippen LogP contribution in [0.3, 0.4) is 0 Å². The Bertz CT molecular complexity index is 1130. The van der Waals surface area contributed by atoms with Gasteiger partial charge < -0.3 is 10.1 Å². The summed E-state index contributed by atoms with van der Waals surface area (Å²) in [6.45, 7) is 4.14. The number of hydrogen-bond acceptors (Lipinski definition) is 5. The van der Waals surface area contributed by atoms with E-state index in [4.69, 9.17) is 11.2 Å².